The van der Waals surface area contributed by atoms with Crippen molar-refractivity contribution in [2.75, 3.05) is 26.7 Å². The number of hydrogen-bond donors (Lipinski definition) is 0. The minimum Gasteiger partial charge on any atom is -0.497 e. The summed E-state index contributed by atoms with van der Waals surface area (Å²) < 4.78 is 11.6. The molecule has 1 saturated heterocycles. The molecule has 29 heavy (non-hydrogen) atoms. The number of piperazine rings is 1. The number of benzene rings is 2. The van der Waals surface area contributed by atoms with Gasteiger partial charge in [0.15, 0.2) is 5.75 Å². The molecule has 150 valence electrons. The molecule has 6 nitrogen and oxygen atoms in total. The second-order valence-corrected chi connectivity index (χ2v) is 7.97. The summed E-state index contributed by atoms with van der Waals surface area (Å²) in [5, 5.41) is 0. The van der Waals surface area contributed by atoms with Crippen molar-refractivity contribution >= 4 is 17.4 Å². The number of carbonyl (C=O) groups excluding carboxylic acids is 1. The smallest absolute Gasteiger partial charge is 0.226 e. The van der Waals surface area contributed by atoms with Crippen molar-refractivity contribution in [3.8, 4) is 17.2 Å². The van der Waals surface area contributed by atoms with Gasteiger partial charge in [0.25, 0.3) is 0 Å². The van der Waals surface area contributed by atoms with Crippen LogP contribution >= 0.6 is 0 Å². The second kappa shape index (κ2) is 7.10. The Hall–Kier alpha value is -3.02. The predicted octanol–water partition coefficient (Wildman–Crippen LogP) is 3.82. The number of para-hydroxylation sites is 2. The quantitative estimate of drug-likeness (QED) is 0.781. The highest BCUT2D eigenvalue weighted by molar-refractivity contribution is 6.04. The Kier molecular flexibility index (Phi) is 4.42. The number of hydrogen-bond acceptors (Lipinski definition) is 5. The van der Waals surface area contributed by atoms with Gasteiger partial charge in [-0.1, -0.05) is 12.1 Å². The molecule has 6 heteroatoms. The maximum Gasteiger partial charge on any atom is 0.226 e. The zero-order valence-corrected chi connectivity index (χ0v) is 16.8. The van der Waals surface area contributed by atoms with Crippen LogP contribution in [0.25, 0.3) is 0 Å². The zero-order chi connectivity index (χ0) is 20.0. The molecular formula is C23H25N3O3. The molecule has 0 bridgehead atoms. The first-order chi connectivity index (χ1) is 14.1. The van der Waals surface area contributed by atoms with E-state index in [2.05, 4.69) is 11.8 Å². The number of amidine groups is 1. The number of nitrogens with zero attached hydrogens (tertiary/aromatic N) is 3. The van der Waals surface area contributed by atoms with Gasteiger partial charge in [0.1, 0.15) is 23.0 Å². The molecule has 2 heterocycles. The minimum absolute atomic E-state index is 0.146. The van der Waals surface area contributed by atoms with Crippen LogP contribution in [0.5, 0.6) is 17.2 Å². The highest BCUT2D eigenvalue weighted by Crippen LogP contribution is 2.39. The van der Waals surface area contributed by atoms with Gasteiger partial charge in [0.2, 0.25) is 5.91 Å². The number of aliphatic imine (C=N–C) groups is 1. The lowest BCUT2D eigenvalue weighted by atomic mass is 10.1. The fourth-order valence-electron chi connectivity index (χ4n) is 4.11. The monoisotopic (exact) mass is 391 g/mol. The van der Waals surface area contributed by atoms with Crippen LogP contribution in [-0.2, 0) is 4.79 Å². The Morgan fingerprint density at radius 1 is 1.14 bits per heavy atom. The van der Waals surface area contributed by atoms with E-state index in [1.54, 1.807) is 7.11 Å². The summed E-state index contributed by atoms with van der Waals surface area (Å²) >= 11 is 0. The molecule has 0 radical (unpaired) electrons. The Morgan fingerprint density at radius 2 is 1.97 bits per heavy atom. The van der Waals surface area contributed by atoms with Gasteiger partial charge in [-0.3, -0.25) is 4.79 Å². The Bertz CT molecular complexity index is 983. The molecule has 0 aromatic heterocycles. The van der Waals surface area contributed by atoms with Gasteiger partial charge in [0.05, 0.1) is 12.7 Å². The van der Waals surface area contributed by atoms with E-state index in [1.807, 2.05) is 47.4 Å². The zero-order valence-electron chi connectivity index (χ0n) is 16.8. The van der Waals surface area contributed by atoms with Gasteiger partial charge in [0, 0.05) is 31.6 Å². The minimum atomic E-state index is 0.146. The molecule has 5 rings (SSSR count). The maximum absolute atomic E-state index is 12.6. The molecule has 0 N–H and O–H groups in total. The molecule has 2 aromatic carbocycles. The molecule has 1 atom stereocenters. The summed E-state index contributed by atoms with van der Waals surface area (Å²) in [5.74, 6) is 3.71. The summed E-state index contributed by atoms with van der Waals surface area (Å²) in [6.07, 6.45) is 2.08. The Balaban J connectivity index is 1.51. The topological polar surface area (TPSA) is 54.4 Å². The average Bonchev–Trinajstić information content (AvgIpc) is 3.59. The molecule has 2 aliphatic heterocycles. The first kappa shape index (κ1) is 18.0. The highest BCUT2D eigenvalue weighted by atomic mass is 16.5. The summed E-state index contributed by atoms with van der Waals surface area (Å²) in [7, 11) is 1.66. The SMILES string of the molecule is COc1ccc2c(c1)C(N1CCN(C(=O)C3CC3)C(C)C1)=Nc1ccccc1O2. The highest BCUT2D eigenvalue weighted by Gasteiger charge is 2.38. The van der Waals surface area contributed by atoms with E-state index < -0.39 is 0 Å². The van der Waals surface area contributed by atoms with Crippen LogP contribution in [0.3, 0.4) is 0 Å². The predicted molar refractivity (Wildman–Crippen MR) is 111 cm³/mol. The number of fused-ring (bicyclic) bond motifs is 2. The van der Waals surface area contributed by atoms with Crippen LogP contribution in [-0.4, -0.2) is 54.3 Å². The van der Waals surface area contributed by atoms with Gasteiger partial charge in [-0.15, -0.1) is 0 Å². The molecule has 1 amide bonds. The molecule has 3 aliphatic rings. The van der Waals surface area contributed by atoms with Crippen LogP contribution in [0.1, 0.15) is 25.3 Å². The van der Waals surface area contributed by atoms with E-state index in [4.69, 9.17) is 14.5 Å². The summed E-state index contributed by atoms with van der Waals surface area (Å²) in [4.78, 5) is 21.9. The third-order valence-electron chi connectivity index (χ3n) is 5.88. The average molecular weight is 391 g/mol. The van der Waals surface area contributed by atoms with Gasteiger partial charge in [-0.05, 0) is 50.1 Å². The van der Waals surface area contributed by atoms with Crippen molar-refractivity contribution in [2.24, 2.45) is 10.9 Å². The van der Waals surface area contributed by atoms with Gasteiger partial charge in [-0.2, -0.15) is 0 Å². The number of carbonyl (C=O) groups is 1. The van der Waals surface area contributed by atoms with E-state index in [0.717, 1.165) is 66.8 Å². The number of amides is 1. The number of rotatable bonds is 2. The largest absolute Gasteiger partial charge is 0.497 e. The van der Waals surface area contributed by atoms with Gasteiger partial charge in [-0.25, -0.2) is 4.99 Å². The summed E-state index contributed by atoms with van der Waals surface area (Å²) in [5.41, 5.74) is 1.72. The van der Waals surface area contributed by atoms with E-state index in [9.17, 15) is 4.79 Å². The van der Waals surface area contributed by atoms with Crippen molar-refractivity contribution in [1.29, 1.82) is 0 Å². The molecule has 1 saturated carbocycles. The lowest BCUT2D eigenvalue weighted by Crippen LogP contribution is -2.56. The van der Waals surface area contributed by atoms with Gasteiger partial charge >= 0.3 is 0 Å². The molecule has 1 aliphatic carbocycles. The standard InChI is InChI=1S/C23H25N3O3/c1-15-14-25(11-12-26(15)23(27)16-7-8-16)22-18-13-17(28-2)9-10-20(18)29-21-6-4-3-5-19(21)24-22/h3-6,9-10,13,15-16H,7-8,11-12,14H2,1-2H3. The third-order valence-corrected chi connectivity index (χ3v) is 5.88. The second-order valence-electron chi connectivity index (χ2n) is 7.97. The fourth-order valence-corrected chi connectivity index (χ4v) is 4.11. The Morgan fingerprint density at radius 3 is 2.72 bits per heavy atom. The first-order valence-electron chi connectivity index (χ1n) is 10.2. The van der Waals surface area contributed by atoms with Crippen LogP contribution in [0.15, 0.2) is 47.5 Å². The lowest BCUT2D eigenvalue weighted by Gasteiger charge is -2.41. The first-order valence-corrected chi connectivity index (χ1v) is 10.2. The van der Waals surface area contributed by atoms with Gasteiger partial charge < -0.3 is 19.3 Å². The lowest BCUT2D eigenvalue weighted by molar-refractivity contribution is -0.136. The third kappa shape index (κ3) is 3.33. The van der Waals surface area contributed by atoms with Crippen molar-refractivity contribution < 1.29 is 14.3 Å². The fraction of sp³-hybridized carbons (Fsp3) is 0.391. The normalized spacial score (nSPS) is 20.8. The molecule has 1 unspecified atom stereocenters. The van der Waals surface area contributed by atoms with E-state index in [1.165, 1.54) is 0 Å². The number of methoxy groups -OCH3 is 1. The van der Waals surface area contributed by atoms with Crippen LogP contribution in [0.4, 0.5) is 5.69 Å². The maximum atomic E-state index is 12.6. The van der Waals surface area contributed by atoms with Crippen molar-refractivity contribution in [3.05, 3.63) is 48.0 Å². The van der Waals surface area contributed by atoms with E-state index in [0.29, 0.717) is 5.91 Å². The molecule has 2 aromatic rings. The summed E-state index contributed by atoms with van der Waals surface area (Å²) in [6, 6.07) is 13.8. The Labute approximate surface area is 170 Å². The van der Waals surface area contributed by atoms with E-state index >= 15 is 0 Å². The summed E-state index contributed by atoms with van der Waals surface area (Å²) in [6.45, 7) is 4.34. The van der Waals surface area contributed by atoms with Crippen molar-refractivity contribution in [3.63, 3.8) is 0 Å². The van der Waals surface area contributed by atoms with Crippen molar-refractivity contribution in [2.45, 2.75) is 25.8 Å². The van der Waals surface area contributed by atoms with Crippen LogP contribution < -0.4 is 9.47 Å². The van der Waals surface area contributed by atoms with Crippen LogP contribution in [0.2, 0.25) is 0 Å². The molecule has 0 spiro atoms. The van der Waals surface area contributed by atoms with Crippen molar-refractivity contribution in [1.82, 2.24) is 9.80 Å². The van der Waals surface area contributed by atoms with E-state index in [-0.39, 0.29) is 12.0 Å². The van der Waals surface area contributed by atoms with Crippen LogP contribution in [0, 0.1) is 5.92 Å². The number of ether oxygens (including phenoxy) is 2. The molecule has 2 fully saturated rings. The molecular weight excluding hydrogens is 366 g/mol.